The van der Waals surface area contributed by atoms with Gasteiger partial charge < -0.3 is 49.3 Å². The normalized spacial score (nSPS) is 22.5. The molecule has 0 aliphatic carbocycles. The maximum atomic E-state index is 14.2. The zero-order valence-corrected chi connectivity index (χ0v) is 38.1. The number of H-pyrrole nitrogens is 2. The van der Waals surface area contributed by atoms with Crippen LogP contribution in [-0.4, -0.2) is 119 Å². The van der Waals surface area contributed by atoms with Gasteiger partial charge >= 0.3 is 12.2 Å². The summed E-state index contributed by atoms with van der Waals surface area (Å²) in [4.78, 5) is 73.8. The van der Waals surface area contributed by atoms with Gasteiger partial charge in [0.15, 0.2) is 0 Å². The fourth-order valence-electron chi connectivity index (χ4n) is 10.5. The largest absolute Gasteiger partial charge is 0.453 e. The van der Waals surface area contributed by atoms with E-state index in [9.17, 15) is 19.2 Å². The van der Waals surface area contributed by atoms with Crippen LogP contribution in [0.15, 0.2) is 73.1 Å². The molecule has 4 amide bonds. The number of alkyl carbamates (subject to hydrolysis) is 2. The van der Waals surface area contributed by atoms with E-state index < -0.39 is 24.3 Å². The third kappa shape index (κ3) is 9.25. The third-order valence-electron chi connectivity index (χ3n) is 14.2. The SMILES string of the molecule is COC(=O)N[C@H](C(=O)N1C(c2nc(-c3ccc(-c4ccc5cc(-c6c[nH]c([C@@H]7CC[C@@H](C)N7C(=O)[C@@H](NC(=O)OC)C7CCOCC7)n6)ccc5c4)cc3)c[nH]2)CC[C@H]1C)C1CCOCC1. The molecule has 348 valence electrons. The van der Waals surface area contributed by atoms with Crippen molar-refractivity contribution < 1.29 is 38.1 Å². The Hall–Kier alpha value is -6.26. The van der Waals surface area contributed by atoms with Gasteiger partial charge in [-0.25, -0.2) is 19.6 Å². The molecule has 16 heteroatoms. The van der Waals surface area contributed by atoms with Crippen molar-refractivity contribution in [3.8, 4) is 33.6 Å². The molecule has 9 rings (SSSR count). The molecule has 16 nitrogen and oxygen atoms in total. The van der Waals surface area contributed by atoms with E-state index in [2.05, 4.69) is 95.1 Å². The highest BCUT2D eigenvalue weighted by Gasteiger charge is 2.44. The lowest BCUT2D eigenvalue weighted by molar-refractivity contribution is -0.139. The topological polar surface area (TPSA) is 193 Å². The number of methoxy groups -OCH3 is 2. The number of imidazole rings is 2. The molecular formula is C50H60N8O8. The highest BCUT2D eigenvalue weighted by molar-refractivity contribution is 5.91. The predicted molar refractivity (Wildman–Crippen MR) is 247 cm³/mol. The summed E-state index contributed by atoms with van der Waals surface area (Å²) in [6, 6.07) is 19.2. The first-order chi connectivity index (χ1) is 32.1. The van der Waals surface area contributed by atoms with Crippen molar-refractivity contribution in [1.29, 1.82) is 0 Å². The van der Waals surface area contributed by atoms with Crippen LogP contribution in [0.4, 0.5) is 9.59 Å². The number of hydrogen-bond acceptors (Lipinski definition) is 10. The maximum Gasteiger partial charge on any atom is 0.407 e. The van der Waals surface area contributed by atoms with E-state index in [1.807, 2.05) is 22.2 Å². The third-order valence-corrected chi connectivity index (χ3v) is 14.2. The Balaban J connectivity index is 0.876. The zero-order valence-electron chi connectivity index (χ0n) is 38.1. The minimum absolute atomic E-state index is 0.0136. The van der Waals surface area contributed by atoms with Crippen LogP contribution in [0.5, 0.6) is 0 Å². The van der Waals surface area contributed by atoms with Gasteiger partial charge in [0.1, 0.15) is 23.7 Å². The fourth-order valence-corrected chi connectivity index (χ4v) is 10.5. The van der Waals surface area contributed by atoms with Crippen LogP contribution in [0, 0.1) is 11.8 Å². The van der Waals surface area contributed by atoms with E-state index >= 15 is 0 Å². The van der Waals surface area contributed by atoms with Gasteiger partial charge in [-0.15, -0.1) is 0 Å². The number of nitrogens with zero attached hydrogens (tertiary/aromatic N) is 4. The Morgan fingerprint density at radius 1 is 0.576 bits per heavy atom. The molecule has 4 aliphatic rings. The van der Waals surface area contributed by atoms with Gasteiger partial charge in [0.25, 0.3) is 0 Å². The van der Waals surface area contributed by atoms with Crippen LogP contribution in [0.1, 0.15) is 88.9 Å². The van der Waals surface area contributed by atoms with Crippen LogP contribution >= 0.6 is 0 Å². The van der Waals surface area contributed by atoms with Gasteiger partial charge in [0, 0.05) is 62.0 Å². The Bertz CT molecular complexity index is 2530. The molecule has 0 spiro atoms. The Labute approximate surface area is 384 Å². The number of aromatic nitrogens is 4. The molecule has 4 fully saturated rings. The van der Waals surface area contributed by atoms with E-state index in [0.29, 0.717) is 52.1 Å². The van der Waals surface area contributed by atoms with Gasteiger partial charge in [-0.3, -0.25) is 9.59 Å². The monoisotopic (exact) mass is 900 g/mol. The van der Waals surface area contributed by atoms with Gasteiger partial charge in [-0.05, 0) is 111 Å². The first-order valence-electron chi connectivity index (χ1n) is 23.3. The first-order valence-corrected chi connectivity index (χ1v) is 23.3. The summed E-state index contributed by atoms with van der Waals surface area (Å²) in [5, 5.41) is 7.85. The molecule has 6 heterocycles. The van der Waals surface area contributed by atoms with E-state index in [1.165, 1.54) is 14.2 Å². The van der Waals surface area contributed by atoms with Crippen LogP contribution in [0.2, 0.25) is 0 Å². The maximum absolute atomic E-state index is 14.2. The van der Waals surface area contributed by atoms with E-state index in [-0.39, 0.29) is 47.8 Å². The number of hydrogen-bond donors (Lipinski definition) is 4. The second kappa shape index (κ2) is 19.7. The summed E-state index contributed by atoms with van der Waals surface area (Å²) in [6.45, 7) is 6.32. The highest BCUT2D eigenvalue weighted by atomic mass is 16.5. The van der Waals surface area contributed by atoms with Crippen LogP contribution < -0.4 is 10.6 Å². The minimum Gasteiger partial charge on any atom is -0.453 e. The molecule has 0 bridgehead atoms. The summed E-state index contributed by atoms with van der Waals surface area (Å²) in [7, 11) is 2.63. The number of amides is 4. The van der Waals surface area contributed by atoms with E-state index in [4.69, 9.17) is 28.9 Å². The van der Waals surface area contributed by atoms with E-state index in [0.717, 1.165) is 81.7 Å². The molecule has 4 N–H and O–H groups in total. The van der Waals surface area contributed by atoms with Crippen LogP contribution in [0.3, 0.4) is 0 Å². The average Bonchev–Trinajstić information content (AvgIpc) is 4.19. The molecule has 0 saturated carbocycles. The Morgan fingerprint density at radius 2 is 0.985 bits per heavy atom. The number of ether oxygens (including phenoxy) is 4. The number of carbonyl (C=O) groups excluding carboxylic acids is 4. The molecule has 5 aromatic rings. The summed E-state index contributed by atoms with van der Waals surface area (Å²) in [6.07, 6.45) is 8.51. The second-order valence-electron chi connectivity index (χ2n) is 18.2. The standard InChI is InChI=1S/C50H60N8O8/c1-29-5-15-41(57(29)47(59)43(55-49(61)63-3)33-17-21-65-22-18-33)45-51-27-39(53-45)32-9-7-31(8-10-32)35-11-12-37-26-38(14-13-36(37)25-35)40-28-52-46(54-40)42-16-6-30(2)58(42)48(60)44(56-50(62)64-4)34-19-23-66-24-20-34/h7-14,25-30,33-34,41-44H,5-6,15-24H2,1-4H3,(H,51,53)(H,52,54)(H,55,61)(H,56,62)/t29-,30-,41?,42+,43+,44+/m1/s1. The number of carbonyl (C=O) groups is 4. The van der Waals surface area contributed by atoms with Crippen molar-refractivity contribution >= 4 is 34.8 Å². The molecule has 1 unspecified atom stereocenters. The second-order valence-corrected chi connectivity index (χ2v) is 18.2. The van der Waals surface area contributed by atoms with Crippen molar-refractivity contribution in [2.45, 2.75) is 101 Å². The number of likely N-dealkylation sites (tertiary alicyclic amines) is 2. The number of rotatable bonds is 11. The molecule has 0 radical (unpaired) electrons. The molecule has 3 aromatic carbocycles. The zero-order chi connectivity index (χ0) is 45.9. The van der Waals surface area contributed by atoms with Crippen molar-refractivity contribution in [3.05, 3.63) is 84.7 Å². The van der Waals surface area contributed by atoms with Crippen molar-refractivity contribution in [2.24, 2.45) is 11.8 Å². The first kappa shape index (κ1) is 44.9. The number of nitrogens with one attached hydrogen (secondary N) is 4. The fraction of sp³-hybridized carbons (Fsp3) is 0.480. The average molecular weight is 901 g/mol. The van der Waals surface area contributed by atoms with Gasteiger partial charge in [0.05, 0.1) is 37.7 Å². The van der Waals surface area contributed by atoms with E-state index in [1.54, 1.807) is 0 Å². The minimum atomic E-state index is -0.703. The van der Waals surface area contributed by atoms with Crippen LogP contribution in [0.25, 0.3) is 44.4 Å². The summed E-state index contributed by atoms with van der Waals surface area (Å²) in [5.74, 6) is 1.14. The highest BCUT2D eigenvalue weighted by Crippen LogP contribution is 2.40. The molecule has 4 aliphatic heterocycles. The lowest BCUT2D eigenvalue weighted by Gasteiger charge is -2.36. The molecule has 4 saturated heterocycles. The smallest absolute Gasteiger partial charge is 0.407 e. The van der Waals surface area contributed by atoms with Gasteiger partial charge in [0.2, 0.25) is 11.8 Å². The van der Waals surface area contributed by atoms with Crippen LogP contribution in [-0.2, 0) is 28.5 Å². The quantitative estimate of drug-likeness (QED) is 0.102. The molecular weight excluding hydrogens is 841 g/mol. The Kier molecular flexibility index (Phi) is 13.4. The lowest BCUT2D eigenvalue weighted by atomic mass is 9.90. The predicted octanol–water partition coefficient (Wildman–Crippen LogP) is 7.69. The molecule has 6 atom stereocenters. The number of aromatic amines is 2. The summed E-state index contributed by atoms with van der Waals surface area (Å²) >= 11 is 0. The molecule has 66 heavy (non-hydrogen) atoms. The Morgan fingerprint density at radius 3 is 1.45 bits per heavy atom. The summed E-state index contributed by atoms with van der Waals surface area (Å²) in [5.41, 5.74) is 5.67. The lowest BCUT2D eigenvalue weighted by Crippen LogP contribution is -2.54. The summed E-state index contributed by atoms with van der Waals surface area (Å²) < 4.78 is 20.9. The van der Waals surface area contributed by atoms with Crippen molar-refractivity contribution in [1.82, 2.24) is 40.4 Å². The van der Waals surface area contributed by atoms with Crippen molar-refractivity contribution in [3.63, 3.8) is 0 Å². The van der Waals surface area contributed by atoms with Crippen molar-refractivity contribution in [2.75, 3.05) is 40.6 Å². The number of fused-ring (bicyclic) bond motifs is 1. The van der Waals surface area contributed by atoms with Gasteiger partial charge in [-0.2, -0.15) is 0 Å². The number of benzene rings is 3. The van der Waals surface area contributed by atoms with Gasteiger partial charge in [-0.1, -0.05) is 48.5 Å². The molecule has 2 aromatic heterocycles.